The highest BCUT2D eigenvalue weighted by Gasteiger charge is 2.26. The average molecular weight is 495 g/mol. The number of nitrogens with zero attached hydrogens (tertiary/aromatic N) is 2. The lowest BCUT2D eigenvalue weighted by Gasteiger charge is -2.28. The summed E-state index contributed by atoms with van der Waals surface area (Å²) in [6.45, 7) is 2.07. The number of ether oxygens (including phenoxy) is 3. The molecule has 0 spiro atoms. The van der Waals surface area contributed by atoms with Crippen LogP contribution in [0.5, 0.6) is 11.5 Å². The molecule has 3 rings (SSSR count). The molecule has 0 aliphatic carbocycles. The number of rotatable bonds is 12. The van der Waals surface area contributed by atoms with Gasteiger partial charge in [-0.25, -0.2) is 0 Å². The maximum atomic E-state index is 13.3. The largest absolute Gasteiger partial charge is 0.493 e. The first kappa shape index (κ1) is 25.3. The van der Waals surface area contributed by atoms with Gasteiger partial charge in [-0.05, 0) is 48.4 Å². The van der Waals surface area contributed by atoms with Crippen molar-refractivity contribution in [2.24, 2.45) is 0 Å². The Balaban J connectivity index is 1.70. The third-order valence-corrected chi connectivity index (χ3v) is 6.73. The van der Waals surface area contributed by atoms with Crippen molar-refractivity contribution in [1.29, 1.82) is 0 Å². The molecule has 0 N–H and O–H groups in total. The summed E-state index contributed by atoms with van der Waals surface area (Å²) in [5.41, 5.74) is 1.03. The molecule has 0 radical (unpaired) electrons. The minimum atomic E-state index is -0.253. The van der Waals surface area contributed by atoms with Crippen LogP contribution in [-0.4, -0.2) is 74.1 Å². The second kappa shape index (κ2) is 12.8. The van der Waals surface area contributed by atoms with Crippen molar-refractivity contribution in [3.63, 3.8) is 0 Å². The number of halogens is 1. The molecule has 0 bridgehead atoms. The van der Waals surface area contributed by atoms with Crippen molar-refractivity contribution in [3.05, 3.63) is 46.2 Å². The van der Waals surface area contributed by atoms with Gasteiger partial charge in [-0.3, -0.25) is 9.59 Å². The van der Waals surface area contributed by atoms with E-state index in [2.05, 4.69) is 0 Å². The van der Waals surface area contributed by atoms with E-state index in [0.29, 0.717) is 44.2 Å². The summed E-state index contributed by atoms with van der Waals surface area (Å²) < 4.78 is 16.4. The van der Waals surface area contributed by atoms with Gasteiger partial charge in [-0.2, -0.15) is 0 Å². The molecule has 1 aromatic heterocycles. The smallest absolute Gasteiger partial charge is 0.242 e. The van der Waals surface area contributed by atoms with E-state index in [-0.39, 0.29) is 30.3 Å². The summed E-state index contributed by atoms with van der Waals surface area (Å²) in [4.78, 5) is 30.2. The molecular weight excluding hydrogens is 464 g/mol. The molecule has 2 amide bonds. The lowest BCUT2D eigenvalue weighted by Crippen LogP contribution is -2.46. The molecular formula is C24H31ClN2O5S. The molecule has 1 atom stereocenters. The first-order valence-electron chi connectivity index (χ1n) is 11.0. The molecule has 2 aromatic rings. The van der Waals surface area contributed by atoms with Gasteiger partial charge in [-0.1, -0.05) is 12.1 Å². The van der Waals surface area contributed by atoms with E-state index >= 15 is 0 Å². The number of hydrogen-bond donors (Lipinski definition) is 0. The zero-order valence-corrected chi connectivity index (χ0v) is 20.7. The Morgan fingerprint density at radius 2 is 1.97 bits per heavy atom. The van der Waals surface area contributed by atoms with E-state index in [1.807, 2.05) is 35.7 Å². The molecule has 7 nitrogen and oxygen atoms in total. The lowest BCUT2D eigenvalue weighted by molar-refractivity contribution is -0.140. The minimum Gasteiger partial charge on any atom is -0.493 e. The number of methoxy groups -OCH3 is 2. The molecule has 2 heterocycles. The fourth-order valence-electron chi connectivity index (χ4n) is 3.82. The van der Waals surface area contributed by atoms with E-state index in [4.69, 9.17) is 25.8 Å². The van der Waals surface area contributed by atoms with Crippen LogP contribution in [0.2, 0.25) is 0 Å². The standard InChI is InChI=1S/C24H31ClN2O5S/c1-30-21-8-7-18(13-22(21)31-2)9-10-26(16-20-6-4-12-33-20)24(29)17-27(23(28)14-25)15-19-5-3-11-32-19/h4,6-8,12-13,19H,3,5,9-11,14-17H2,1-2H3. The maximum Gasteiger partial charge on any atom is 0.242 e. The van der Waals surface area contributed by atoms with Crippen molar-refractivity contribution in [2.75, 3.05) is 46.3 Å². The van der Waals surface area contributed by atoms with Crippen molar-refractivity contribution in [3.8, 4) is 11.5 Å². The van der Waals surface area contributed by atoms with E-state index < -0.39 is 0 Å². The van der Waals surface area contributed by atoms with Crippen molar-refractivity contribution in [2.45, 2.75) is 31.9 Å². The van der Waals surface area contributed by atoms with Crippen LogP contribution in [0.25, 0.3) is 0 Å². The normalized spacial score (nSPS) is 15.3. The van der Waals surface area contributed by atoms with E-state index in [1.54, 1.807) is 30.5 Å². The van der Waals surface area contributed by atoms with E-state index in [9.17, 15) is 9.59 Å². The second-order valence-corrected chi connectivity index (χ2v) is 9.18. The monoisotopic (exact) mass is 494 g/mol. The number of carbonyl (C=O) groups is 2. The van der Waals surface area contributed by atoms with Crippen molar-refractivity contribution < 1.29 is 23.8 Å². The average Bonchev–Trinajstić information content (AvgIpc) is 3.54. The number of benzene rings is 1. The Kier molecular flexibility index (Phi) is 9.84. The van der Waals surface area contributed by atoms with Gasteiger partial charge in [0.05, 0.1) is 33.4 Å². The number of alkyl halides is 1. The molecule has 180 valence electrons. The van der Waals surface area contributed by atoms with Crippen LogP contribution >= 0.6 is 22.9 Å². The molecule has 1 unspecified atom stereocenters. The molecule has 0 saturated carbocycles. The quantitative estimate of drug-likeness (QED) is 0.422. The Morgan fingerprint density at radius 3 is 2.61 bits per heavy atom. The zero-order chi connectivity index (χ0) is 23.6. The highest BCUT2D eigenvalue weighted by Crippen LogP contribution is 2.28. The Hall–Kier alpha value is -2.29. The minimum absolute atomic E-state index is 0.0112. The van der Waals surface area contributed by atoms with Gasteiger partial charge in [-0.15, -0.1) is 22.9 Å². The fraction of sp³-hybridized carbons (Fsp3) is 0.500. The van der Waals surface area contributed by atoms with E-state index in [1.165, 1.54) is 4.90 Å². The van der Waals surface area contributed by atoms with Crippen molar-refractivity contribution in [1.82, 2.24) is 9.80 Å². The van der Waals surface area contributed by atoms with Gasteiger partial charge >= 0.3 is 0 Å². The molecule has 1 aliphatic heterocycles. The molecule has 33 heavy (non-hydrogen) atoms. The van der Waals surface area contributed by atoms with Crippen LogP contribution in [0.3, 0.4) is 0 Å². The van der Waals surface area contributed by atoms with Crippen LogP contribution in [0.1, 0.15) is 23.3 Å². The molecule has 1 aromatic carbocycles. The van der Waals surface area contributed by atoms with Crippen LogP contribution < -0.4 is 9.47 Å². The zero-order valence-electron chi connectivity index (χ0n) is 19.1. The van der Waals surface area contributed by atoms with E-state index in [0.717, 1.165) is 23.3 Å². The summed E-state index contributed by atoms with van der Waals surface area (Å²) in [6.07, 6.45) is 2.46. The second-order valence-electron chi connectivity index (χ2n) is 7.88. The number of carbonyl (C=O) groups excluding carboxylic acids is 2. The predicted octanol–water partition coefficient (Wildman–Crippen LogP) is 3.58. The summed E-state index contributed by atoms with van der Waals surface area (Å²) in [5.74, 6) is 0.798. The first-order chi connectivity index (χ1) is 16.0. The summed E-state index contributed by atoms with van der Waals surface area (Å²) in [6, 6.07) is 9.73. The molecule has 1 aliphatic rings. The fourth-order valence-corrected chi connectivity index (χ4v) is 4.71. The third kappa shape index (κ3) is 7.35. The first-order valence-corrected chi connectivity index (χ1v) is 12.4. The lowest BCUT2D eigenvalue weighted by atomic mass is 10.1. The Labute approximate surface area is 204 Å². The predicted molar refractivity (Wildman–Crippen MR) is 129 cm³/mol. The number of hydrogen-bond acceptors (Lipinski definition) is 6. The number of amides is 2. The molecule has 1 fully saturated rings. The van der Waals surface area contributed by atoms with Gasteiger partial charge in [0.15, 0.2) is 11.5 Å². The summed E-state index contributed by atoms with van der Waals surface area (Å²) in [5, 5.41) is 1.99. The third-order valence-electron chi connectivity index (χ3n) is 5.64. The maximum absolute atomic E-state index is 13.3. The molecule has 9 heteroatoms. The van der Waals surface area contributed by atoms with Gasteiger partial charge in [0.25, 0.3) is 0 Å². The topological polar surface area (TPSA) is 68.3 Å². The summed E-state index contributed by atoms with van der Waals surface area (Å²) >= 11 is 7.43. The van der Waals surface area contributed by atoms with Crippen LogP contribution in [-0.2, 0) is 27.3 Å². The highest BCUT2D eigenvalue weighted by molar-refractivity contribution is 7.09. The van der Waals surface area contributed by atoms with Gasteiger partial charge in [0.1, 0.15) is 5.88 Å². The van der Waals surface area contributed by atoms with Crippen LogP contribution in [0, 0.1) is 0 Å². The van der Waals surface area contributed by atoms with Crippen LogP contribution in [0.15, 0.2) is 35.7 Å². The molecule has 1 saturated heterocycles. The Morgan fingerprint density at radius 1 is 1.15 bits per heavy atom. The van der Waals surface area contributed by atoms with Gasteiger partial charge < -0.3 is 24.0 Å². The SMILES string of the molecule is COc1ccc(CCN(Cc2cccs2)C(=O)CN(CC2CCCO2)C(=O)CCl)cc1OC. The van der Waals surface area contributed by atoms with Gasteiger partial charge in [0.2, 0.25) is 11.8 Å². The highest BCUT2D eigenvalue weighted by atomic mass is 35.5. The summed E-state index contributed by atoms with van der Waals surface area (Å²) in [7, 11) is 3.20. The van der Waals surface area contributed by atoms with Gasteiger partial charge in [0, 0.05) is 24.6 Å². The number of thiophene rings is 1. The van der Waals surface area contributed by atoms with Crippen molar-refractivity contribution >= 4 is 34.8 Å². The van der Waals surface area contributed by atoms with Crippen LogP contribution in [0.4, 0.5) is 0 Å². The Bertz CT molecular complexity index is 902.